The quantitative estimate of drug-likeness (QED) is 0.716. The normalized spacial score (nSPS) is 18.8. The highest BCUT2D eigenvalue weighted by Gasteiger charge is 2.39. The predicted molar refractivity (Wildman–Crippen MR) is 93.1 cm³/mol. The van der Waals surface area contributed by atoms with Crippen LogP contribution in [0, 0.1) is 18.2 Å². The highest BCUT2D eigenvalue weighted by atomic mass is 19.1. The SMILES string of the molecule is C#CCCC1(CCC(=O)N2CCN(Cc3cccc(F)c3)CC2)N=N1. The molecule has 1 fully saturated rings. The second-order valence-corrected chi connectivity index (χ2v) is 6.67. The summed E-state index contributed by atoms with van der Waals surface area (Å²) < 4.78 is 13.3. The van der Waals surface area contributed by atoms with Gasteiger partial charge in [0.1, 0.15) is 5.82 Å². The Kier molecular flexibility index (Phi) is 5.44. The number of hydrogen-bond acceptors (Lipinski definition) is 4. The number of hydrogen-bond donors (Lipinski definition) is 0. The van der Waals surface area contributed by atoms with Crippen LogP contribution in [0.2, 0.25) is 0 Å². The fraction of sp³-hybridized carbons (Fsp3) is 0.526. The van der Waals surface area contributed by atoms with Crippen molar-refractivity contribution in [3.63, 3.8) is 0 Å². The number of carbonyl (C=O) groups excluding carboxylic acids is 1. The lowest BCUT2D eigenvalue weighted by Gasteiger charge is -2.35. The first kappa shape index (κ1) is 17.6. The molecule has 6 heteroatoms. The average Bonchev–Trinajstić information content (AvgIpc) is 3.39. The summed E-state index contributed by atoms with van der Waals surface area (Å²) in [6.07, 6.45) is 7.76. The second-order valence-electron chi connectivity index (χ2n) is 6.67. The summed E-state index contributed by atoms with van der Waals surface area (Å²) in [5.74, 6) is 2.55. The molecule has 0 N–H and O–H groups in total. The predicted octanol–water partition coefficient (Wildman–Crippen LogP) is 2.83. The van der Waals surface area contributed by atoms with E-state index in [1.165, 1.54) is 6.07 Å². The minimum atomic E-state index is -0.388. The van der Waals surface area contributed by atoms with E-state index >= 15 is 0 Å². The molecular formula is C19H23FN4O. The van der Waals surface area contributed by atoms with Crippen LogP contribution >= 0.6 is 0 Å². The van der Waals surface area contributed by atoms with E-state index in [9.17, 15) is 9.18 Å². The van der Waals surface area contributed by atoms with Crippen LogP contribution in [0.5, 0.6) is 0 Å². The highest BCUT2D eigenvalue weighted by Crippen LogP contribution is 2.37. The Balaban J connectivity index is 1.40. The number of piperazine rings is 1. The lowest BCUT2D eigenvalue weighted by Crippen LogP contribution is -2.48. The summed E-state index contributed by atoms with van der Waals surface area (Å²) in [7, 11) is 0. The van der Waals surface area contributed by atoms with E-state index in [0.29, 0.717) is 38.9 Å². The van der Waals surface area contributed by atoms with Crippen molar-refractivity contribution in [1.29, 1.82) is 0 Å². The zero-order valence-corrected chi connectivity index (χ0v) is 14.3. The van der Waals surface area contributed by atoms with Crippen LogP contribution in [0.25, 0.3) is 0 Å². The van der Waals surface area contributed by atoms with Crippen LogP contribution in [0.1, 0.15) is 31.2 Å². The van der Waals surface area contributed by atoms with Gasteiger partial charge in [0, 0.05) is 58.4 Å². The Morgan fingerprint density at radius 1 is 1.24 bits per heavy atom. The first-order chi connectivity index (χ1) is 12.1. The molecule has 1 aromatic carbocycles. The van der Waals surface area contributed by atoms with Crippen molar-refractivity contribution in [3.8, 4) is 12.3 Å². The average molecular weight is 342 g/mol. The van der Waals surface area contributed by atoms with Crippen LogP contribution in [-0.2, 0) is 11.3 Å². The molecule has 1 amide bonds. The van der Waals surface area contributed by atoms with Crippen molar-refractivity contribution >= 4 is 5.91 Å². The third-order valence-electron chi connectivity index (χ3n) is 4.81. The van der Waals surface area contributed by atoms with E-state index in [-0.39, 0.29) is 17.4 Å². The van der Waals surface area contributed by atoms with Crippen LogP contribution in [0.4, 0.5) is 4.39 Å². The molecule has 132 valence electrons. The maximum atomic E-state index is 13.3. The number of nitrogens with zero attached hydrogens (tertiary/aromatic N) is 4. The van der Waals surface area contributed by atoms with E-state index in [1.807, 2.05) is 11.0 Å². The Bertz CT molecular complexity index is 683. The van der Waals surface area contributed by atoms with Gasteiger partial charge in [-0.05, 0) is 17.7 Å². The van der Waals surface area contributed by atoms with Crippen LogP contribution in [0.15, 0.2) is 34.5 Å². The van der Waals surface area contributed by atoms with Crippen molar-refractivity contribution < 1.29 is 9.18 Å². The maximum Gasteiger partial charge on any atom is 0.222 e. The number of amides is 1. The van der Waals surface area contributed by atoms with Gasteiger partial charge in [-0.15, -0.1) is 12.3 Å². The second kappa shape index (κ2) is 7.75. The molecule has 3 rings (SSSR count). The number of benzene rings is 1. The topological polar surface area (TPSA) is 48.3 Å². The molecule has 0 radical (unpaired) electrons. The Labute approximate surface area is 147 Å². The summed E-state index contributed by atoms with van der Waals surface area (Å²) in [4.78, 5) is 16.5. The van der Waals surface area contributed by atoms with Crippen molar-refractivity contribution in [3.05, 3.63) is 35.6 Å². The molecule has 2 aliphatic rings. The molecule has 1 saturated heterocycles. The van der Waals surface area contributed by atoms with Gasteiger partial charge >= 0.3 is 0 Å². The maximum absolute atomic E-state index is 13.3. The van der Waals surface area contributed by atoms with Crippen molar-refractivity contribution in [2.24, 2.45) is 10.2 Å². The molecule has 5 nitrogen and oxygen atoms in total. The van der Waals surface area contributed by atoms with E-state index in [2.05, 4.69) is 21.0 Å². The molecule has 0 unspecified atom stereocenters. The lowest BCUT2D eigenvalue weighted by molar-refractivity contribution is -0.133. The van der Waals surface area contributed by atoms with Crippen molar-refractivity contribution in [1.82, 2.24) is 9.80 Å². The molecule has 1 aromatic rings. The molecule has 0 saturated carbocycles. The highest BCUT2D eigenvalue weighted by molar-refractivity contribution is 5.76. The standard InChI is InChI=1S/C19H23FN4O/c1-2-3-8-19(21-22-19)9-7-18(25)24-12-10-23(11-13-24)15-16-5-4-6-17(20)14-16/h1,4-6,14H,3,7-13,15H2. The number of rotatable bonds is 7. The van der Waals surface area contributed by atoms with Crippen LogP contribution in [-0.4, -0.2) is 47.5 Å². The summed E-state index contributed by atoms with van der Waals surface area (Å²) in [6.45, 7) is 3.74. The molecule has 0 atom stereocenters. The van der Waals surface area contributed by atoms with Gasteiger partial charge in [-0.25, -0.2) is 4.39 Å². The Hall–Kier alpha value is -2.26. The first-order valence-electron chi connectivity index (χ1n) is 8.72. The van der Waals surface area contributed by atoms with E-state index in [0.717, 1.165) is 25.1 Å². The Morgan fingerprint density at radius 2 is 2.00 bits per heavy atom. The van der Waals surface area contributed by atoms with Gasteiger partial charge in [0.25, 0.3) is 0 Å². The van der Waals surface area contributed by atoms with Gasteiger partial charge in [0.05, 0.1) is 0 Å². The summed E-state index contributed by atoms with van der Waals surface area (Å²) in [5, 5.41) is 8.15. The van der Waals surface area contributed by atoms with Gasteiger partial charge in [-0.1, -0.05) is 12.1 Å². The number of carbonyl (C=O) groups is 1. The number of terminal acetylenes is 1. The fourth-order valence-electron chi connectivity index (χ4n) is 3.18. The zero-order valence-electron chi connectivity index (χ0n) is 14.3. The van der Waals surface area contributed by atoms with E-state index < -0.39 is 0 Å². The molecule has 0 aliphatic carbocycles. The van der Waals surface area contributed by atoms with Crippen LogP contribution in [0.3, 0.4) is 0 Å². The van der Waals surface area contributed by atoms with Crippen LogP contribution < -0.4 is 0 Å². The zero-order chi connectivity index (χ0) is 17.7. The van der Waals surface area contributed by atoms with Gasteiger partial charge < -0.3 is 4.90 Å². The third-order valence-corrected chi connectivity index (χ3v) is 4.81. The number of halogens is 1. The molecule has 0 spiro atoms. The van der Waals surface area contributed by atoms with Gasteiger partial charge in [-0.3, -0.25) is 9.69 Å². The summed E-state index contributed by atoms with van der Waals surface area (Å²) in [5.41, 5.74) is 0.577. The minimum absolute atomic E-state index is 0.155. The first-order valence-corrected chi connectivity index (χ1v) is 8.72. The molecule has 0 aromatic heterocycles. The largest absolute Gasteiger partial charge is 0.340 e. The Morgan fingerprint density at radius 3 is 2.64 bits per heavy atom. The third kappa shape index (κ3) is 4.86. The van der Waals surface area contributed by atoms with Gasteiger partial charge in [0.2, 0.25) is 5.91 Å². The van der Waals surface area contributed by atoms with Gasteiger partial charge in [-0.2, -0.15) is 10.2 Å². The molecular weight excluding hydrogens is 319 g/mol. The summed E-state index contributed by atoms with van der Waals surface area (Å²) >= 11 is 0. The van der Waals surface area contributed by atoms with Gasteiger partial charge in [0.15, 0.2) is 5.66 Å². The smallest absolute Gasteiger partial charge is 0.222 e. The summed E-state index contributed by atoms with van der Waals surface area (Å²) in [6, 6.07) is 6.68. The minimum Gasteiger partial charge on any atom is -0.340 e. The van der Waals surface area contributed by atoms with Crippen molar-refractivity contribution in [2.45, 2.75) is 37.9 Å². The van der Waals surface area contributed by atoms with E-state index in [4.69, 9.17) is 6.42 Å². The fourth-order valence-corrected chi connectivity index (χ4v) is 3.18. The molecule has 0 bridgehead atoms. The molecule has 2 heterocycles. The monoisotopic (exact) mass is 342 g/mol. The molecule has 25 heavy (non-hydrogen) atoms. The lowest BCUT2D eigenvalue weighted by atomic mass is 10.0. The van der Waals surface area contributed by atoms with E-state index in [1.54, 1.807) is 12.1 Å². The molecule has 2 aliphatic heterocycles. The van der Waals surface area contributed by atoms with Crippen molar-refractivity contribution in [2.75, 3.05) is 26.2 Å².